The van der Waals surface area contributed by atoms with Crippen molar-refractivity contribution in [1.29, 1.82) is 0 Å². The second kappa shape index (κ2) is 16.8. The van der Waals surface area contributed by atoms with Crippen molar-refractivity contribution in [2.24, 2.45) is 15.0 Å². The lowest BCUT2D eigenvalue weighted by molar-refractivity contribution is 1.16. The van der Waals surface area contributed by atoms with E-state index in [-0.39, 0.29) is 0 Å². The van der Waals surface area contributed by atoms with Gasteiger partial charge in [-0.25, -0.2) is 15.0 Å². The number of hydrogen-bond acceptors (Lipinski definition) is 3. The number of aromatic nitrogens is 2. The van der Waals surface area contributed by atoms with Crippen molar-refractivity contribution < 1.29 is 0 Å². The number of nitrogens with one attached hydrogen (secondary N) is 1. The zero-order valence-electron chi connectivity index (χ0n) is 35.8. The van der Waals surface area contributed by atoms with Crippen molar-refractivity contribution >= 4 is 102 Å². The first-order chi connectivity index (χ1) is 32.2. The molecule has 65 heavy (non-hydrogen) atoms. The van der Waals surface area contributed by atoms with Crippen LogP contribution in [0.25, 0.3) is 49.3 Å². The highest BCUT2D eigenvalue weighted by Crippen LogP contribution is 2.59. The van der Waals surface area contributed by atoms with Gasteiger partial charge in [0, 0.05) is 49.6 Å². The third kappa shape index (κ3) is 6.83. The molecule has 0 fully saturated rings. The molecular formula is C58H43N7. The lowest BCUT2D eigenvalue weighted by Crippen LogP contribution is -2.25. The van der Waals surface area contributed by atoms with Crippen molar-refractivity contribution in [2.45, 2.75) is 6.92 Å². The first-order valence-electron chi connectivity index (χ1n) is 21.8. The molecule has 8 aromatic carbocycles. The number of para-hydroxylation sites is 4. The number of rotatable bonds is 8. The summed E-state index contributed by atoms with van der Waals surface area (Å²) in [6.07, 6.45) is 10.2. The maximum absolute atomic E-state index is 5.25. The molecule has 1 N–H and O–H groups in total. The van der Waals surface area contributed by atoms with Gasteiger partial charge < -0.3 is 19.4 Å². The average Bonchev–Trinajstić information content (AvgIpc) is 3.92. The van der Waals surface area contributed by atoms with Crippen LogP contribution in [-0.4, -0.2) is 27.9 Å². The molecule has 2 aromatic heterocycles. The molecule has 0 aliphatic carbocycles. The van der Waals surface area contributed by atoms with E-state index in [1.54, 1.807) is 0 Å². The second-order valence-electron chi connectivity index (χ2n) is 15.8. The van der Waals surface area contributed by atoms with E-state index in [0.29, 0.717) is 11.7 Å². The predicted octanol–water partition coefficient (Wildman–Crippen LogP) is 15.2. The molecule has 0 radical (unpaired) electrons. The van der Waals surface area contributed by atoms with Crippen molar-refractivity contribution in [1.82, 2.24) is 9.55 Å². The van der Waals surface area contributed by atoms with Crippen molar-refractivity contribution in [2.75, 3.05) is 9.80 Å². The number of nitrogens with zero attached hydrogens (tertiary/aromatic N) is 6. The minimum Gasteiger partial charge on any atom is -0.353 e. The third-order valence-electron chi connectivity index (χ3n) is 12.0. The third-order valence-corrected chi connectivity index (χ3v) is 12.0. The SMILES string of the molecule is C=N\C(=N/C(=N\C=C(/C=C\C=C\C)n1c2ccccc2c2ccc3c(c21)N(c1ccccc1)c1ccc2c([nH]c4ccccc42)c1N3c1ccccc1)c1ccccc1)c1ccccc1. The maximum Gasteiger partial charge on any atom is 0.161 e. The molecule has 0 spiro atoms. The molecule has 0 amide bonds. The zero-order chi connectivity index (χ0) is 43.7. The highest BCUT2D eigenvalue weighted by atomic mass is 15.3. The molecule has 0 saturated heterocycles. The second-order valence-corrected chi connectivity index (χ2v) is 15.8. The van der Waals surface area contributed by atoms with E-state index < -0.39 is 0 Å². The van der Waals surface area contributed by atoms with Crippen molar-refractivity contribution in [3.05, 3.63) is 236 Å². The van der Waals surface area contributed by atoms with Gasteiger partial charge in [0.2, 0.25) is 0 Å². The number of benzene rings is 8. The van der Waals surface area contributed by atoms with Crippen LogP contribution in [0.5, 0.6) is 0 Å². The predicted molar refractivity (Wildman–Crippen MR) is 275 cm³/mol. The van der Waals surface area contributed by atoms with E-state index in [9.17, 15) is 0 Å². The summed E-state index contributed by atoms with van der Waals surface area (Å²) in [4.78, 5) is 23.4. The molecule has 310 valence electrons. The number of aromatic amines is 1. The Morgan fingerprint density at radius 3 is 1.74 bits per heavy atom. The molecule has 3 heterocycles. The highest BCUT2D eigenvalue weighted by molar-refractivity contribution is 6.24. The summed E-state index contributed by atoms with van der Waals surface area (Å²) in [5.41, 5.74) is 13.1. The molecule has 7 nitrogen and oxygen atoms in total. The van der Waals surface area contributed by atoms with Gasteiger partial charge in [0.15, 0.2) is 11.7 Å². The van der Waals surface area contributed by atoms with Crippen LogP contribution < -0.4 is 9.80 Å². The Morgan fingerprint density at radius 1 is 0.523 bits per heavy atom. The van der Waals surface area contributed by atoms with Gasteiger partial charge in [-0.2, -0.15) is 0 Å². The highest BCUT2D eigenvalue weighted by Gasteiger charge is 2.36. The van der Waals surface area contributed by atoms with Gasteiger partial charge in [-0.05, 0) is 80.4 Å². The summed E-state index contributed by atoms with van der Waals surface area (Å²) in [5.74, 6) is 0.995. The Hall–Kier alpha value is -8.81. The number of amidine groups is 2. The number of H-pyrrole nitrogens is 1. The van der Waals surface area contributed by atoms with Crippen LogP contribution in [0.4, 0.5) is 34.1 Å². The summed E-state index contributed by atoms with van der Waals surface area (Å²) in [5, 5.41) is 4.59. The van der Waals surface area contributed by atoms with Gasteiger partial charge in [0.25, 0.3) is 0 Å². The van der Waals surface area contributed by atoms with E-state index in [2.05, 4.69) is 177 Å². The number of fused-ring (bicyclic) bond motifs is 10. The van der Waals surface area contributed by atoms with Gasteiger partial charge in [-0.3, -0.25) is 0 Å². The largest absolute Gasteiger partial charge is 0.353 e. The van der Waals surface area contributed by atoms with E-state index in [4.69, 9.17) is 9.98 Å². The Balaban J connectivity index is 1.25. The monoisotopic (exact) mass is 837 g/mol. The van der Waals surface area contributed by atoms with Crippen LogP contribution >= 0.6 is 0 Å². The fraction of sp³-hybridized carbons (Fsp3) is 0.0172. The lowest BCUT2D eigenvalue weighted by Gasteiger charge is -2.41. The molecule has 1 aliphatic rings. The molecule has 0 bridgehead atoms. The van der Waals surface area contributed by atoms with Gasteiger partial charge in [-0.15, -0.1) is 0 Å². The number of hydrogen-bond donors (Lipinski definition) is 1. The molecule has 0 atom stereocenters. The van der Waals surface area contributed by atoms with Crippen LogP contribution in [0.15, 0.2) is 240 Å². The Bertz CT molecular complexity index is 3560. The van der Waals surface area contributed by atoms with Gasteiger partial charge in [-0.1, -0.05) is 152 Å². The molecular weight excluding hydrogens is 795 g/mol. The summed E-state index contributed by atoms with van der Waals surface area (Å²) in [6.45, 7) is 5.92. The smallest absolute Gasteiger partial charge is 0.161 e. The van der Waals surface area contributed by atoms with E-state index in [0.717, 1.165) is 83.8 Å². The summed E-state index contributed by atoms with van der Waals surface area (Å²) < 4.78 is 2.36. The van der Waals surface area contributed by atoms with E-state index in [1.807, 2.05) is 85.9 Å². The first kappa shape index (κ1) is 39.1. The number of allylic oxidation sites excluding steroid dienone is 5. The topological polar surface area (TPSA) is 64.3 Å². The minimum absolute atomic E-state index is 0.487. The summed E-state index contributed by atoms with van der Waals surface area (Å²) in [7, 11) is 0. The van der Waals surface area contributed by atoms with Crippen LogP contribution in [0, 0.1) is 0 Å². The Morgan fingerprint density at radius 2 is 1.08 bits per heavy atom. The quantitative estimate of drug-likeness (QED) is 0.0941. The standard InChI is InChI=1S/C58H43N7/c1-3-4-9-30-44(39-60-58(41-24-12-6-13-25-41)62-57(59-2)40-22-10-5-11-23-40)65-50-34-21-19-32-46(50)48-36-38-52-56(54(48)65)64(43-28-16-8-17-29-43)51-37-35-47-45-31-18-20-33-49(45)61-53(47)55(51)63(52)42-26-14-7-15-27-42/h3-39,61H,2H2,1H3/b4-3+,30-9-,44-39+,60-58-,62-57-. The van der Waals surface area contributed by atoms with Crippen LogP contribution in [0.3, 0.4) is 0 Å². The average molecular weight is 838 g/mol. The number of anilines is 6. The Labute approximate surface area is 377 Å². The van der Waals surface area contributed by atoms with Gasteiger partial charge in [0.1, 0.15) is 0 Å². The van der Waals surface area contributed by atoms with Crippen molar-refractivity contribution in [3.63, 3.8) is 0 Å². The lowest BCUT2D eigenvalue weighted by atomic mass is 10.00. The van der Waals surface area contributed by atoms with Gasteiger partial charge in [0.05, 0.1) is 51.2 Å². The molecule has 7 heteroatoms. The van der Waals surface area contributed by atoms with Crippen LogP contribution in [0.1, 0.15) is 18.1 Å². The van der Waals surface area contributed by atoms with Crippen LogP contribution in [-0.2, 0) is 0 Å². The number of aliphatic imine (C=N–C) groups is 3. The zero-order valence-corrected chi connectivity index (χ0v) is 35.8. The summed E-state index contributed by atoms with van der Waals surface area (Å²) >= 11 is 0. The normalized spacial score (nSPS) is 13.5. The van der Waals surface area contributed by atoms with Gasteiger partial charge >= 0.3 is 0 Å². The summed E-state index contributed by atoms with van der Waals surface area (Å²) in [6, 6.07) is 67.6. The maximum atomic E-state index is 5.25. The fourth-order valence-corrected chi connectivity index (χ4v) is 9.13. The van der Waals surface area contributed by atoms with Crippen LogP contribution in [0.2, 0.25) is 0 Å². The fourth-order valence-electron chi connectivity index (χ4n) is 9.13. The molecule has 10 aromatic rings. The first-order valence-corrected chi connectivity index (χ1v) is 21.8. The Kier molecular flexibility index (Phi) is 10.1. The minimum atomic E-state index is 0.487. The molecule has 1 aliphatic heterocycles. The molecule has 11 rings (SSSR count). The molecule has 0 unspecified atom stereocenters. The van der Waals surface area contributed by atoms with E-state index >= 15 is 0 Å². The van der Waals surface area contributed by atoms with E-state index in [1.165, 1.54) is 10.8 Å². The molecule has 0 saturated carbocycles. The van der Waals surface area contributed by atoms with Crippen molar-refractivity contribution in [3.8, 4) is 0 Å².